The molecule has 0 fully saturated rings. The van der Waals surface area contributed by atoms with E-state index in [-0.39, 0.29) is 11.5 Å². The molecule has 1 aromatic carbocycles. The fraction of sp³-hybridized carbons (Fsp3) is 0.261. The van der Waals surface area contributed by atoms with Gasteiger partial charge in [0.25, 0.3) is 0 Å². The van der Waals surface area contributed by atoms with Crippen LogP contribution < -0.4 is 10.7 Å². The topological polar surface area (TPSA) is 73.0 Å². The molecule has 0 bridgehead atoms. The molecule has 0 radical (unpaired) electrons. The van der Waals surface area contributed by atoms with E-state index in [0.717, 1.165) is 22.5 Å². The summed E-state index contributed by atoms with van der Waals surface area (Å²) in [5.74, 6) is 0.495. The third-order valence-electron chi connectivity index (χ3n) is 5.23. The van der Waals surface area contributed by atoms with Gasteiger partial charge in [0.1, 0.15) is 16.4 Å². The summed E-state index contributed by atoms with van der Waals surface area (Å²) < 4.78 is 8.00. The Kier molecular flexibility index (Phi) is 5.12. The zero-order valence-electron chi connectivity index (χ0n) is 17.6. The van der Waals surface area contributed by atoms with Gasteiger partial charge in [-0.3, -0.25) is 9.48 Å². The highest BCUT2D eigenvalue weighted by molar-refractivity contribution is 6.29. The van der Waals surface area contributed by atoms with Gasteiger partial charge in [0.2, 0.25) is 0 Å². The van der Waals surface area contributed by atoms with Crippen LogP contribution in [-0.2, 0) is 7.05 Å². The number of aryl methyl sites for hydroxylation is 3. The van der Waals surface area contributed by atoms with Crippen LogP contribution >= 0.6 is 11.6 Å². The lowest BCUT2D eigenvalue weighted by Gasteiger charge is -2.19. The zero-order chi connectivity index (χ0) is 21.6. The summed E-state index contributed by atoms with van der Waals surface area (Å²) in [4.78, 5) is 17.5. The van der Waals surface area contributed by atoms with E-state index < -0.39 is 0 Å². The highest BCUT2D eigenvalue weighted by atomic mass is 35.5. The van der Waals surface area contributed by atoms with Crippen LogP contribution in [0.5, 0.6) is 0 Å². The van der Waals surface area contributed by atoms with Gasteiger partial charge in [0, 0.05) is 24.4 Å². The fourth-order valence-electron chi connectivity index (χ4n) is 3.66. The van der Waals surface area contributed by atoms with Gasteiger partial charge in [0.15, 0.2) is 11.2 Å². The molecular formula is C23H23ClN4O2. The van der Waals surface area contributed by atoms with Gasteiger partial charge in [-0.15, -0.1) is 0 Å². The lowest BCUT2D eigenvalue weighted by Crippen LogP contribution is -2.13. The van der Waals surface area contributed by atoms with Gasteiger partial charge in [-0.05, 0) is 57.5 Å². The van der Waals surface area contributed by atoms with Crippen molar-refractivity contribution in [3.05, 3.63) is 74.3 Å². The summed E-state index contributed by atoms with van der Waals surface area (Å²) in [6.07, 6.45) is 1.83. The monoisotopic (exact) mass is 422 g/mol. The van der Waals surface area contributed by atoms with E-state index in [1.807, 2.05) is 58.3 Å². The molecule has 4 rings (SSSR count). The molecule has 4 aromatic rings. The van der Waals surface area contributed by atoms with Gasteiger partial charge < -0.3 is 9.73 Å². The van der Waals surface area contributed by atoms with Crippen molar-refractivity contribution in [1.82, 2.24) is 14.8 Å². The summed E-state index contributed by atoms with van der Waals surface area (Å²) in [5, 5.41) is 8.91. The SMILES string of the molecule is Cc1cc([C@@H](C)Nc2ccc(Cl)nc2C)c2oc(-c3ccn(C)n3)c(C)c(=O)c2c1. The lowest BCUT2D eigenvalue weighted by atomic mass is 9.99. The Morgan fingerprint density at radius 3 is 2.60 bits per heavy atom. The summed E-state index contributed by atoms with van der Waals surface area (Å²) in [7, 11) is 1.83. The second-order valence-corrected chi connectivity index (χ2v) is 8.01. The second kappa shape index (κ2) is 7.61. The standard InChI is InChI=1S/C23H23ClN4O2/c1-12-10-16(14(3)25-18-6-7-20(24)26-15(18)4)23-17(11-12)21(29)13(2)22(30-23)19-8-9-28(5)27-19/h6-11,14,25H,1-5H3/t14-/m1/s1. The van der Waals surface area contributed by atoms with Crippen molar-refractivity contribution in [3.63, 3.8) is 0 Å². The van der Waals surface area contributed by atoms with Crippen molar-refractivity contribution in [2.75, 3.05) is 5.32 Å². The summed E-state index contributed by atoms with van der Waals surface area (Å²) in [6, 6.07) is 9.28. The van der Waals surface area contributed by atoms with Crippen LogP contribution in [-0.4, -0.2) is 14.8 Å². The number of hydrogen-bond acceptors (Lipinski definition) is 5. The molecule has 0 aliphatic heterocycles. The maximum absolute atomic E-state index is 13.2. The minimum absolute atomic E-state index is 0.0432. The number of pyridine rings is 1. The fourth-order valence-corrected chi connectivity index (χ4v) is 3.85. The zero-order valence-corrected chi connectivity index (χ0v) is 18.3. The summed E-state index contributed by atoms with van der Waals surface area (Å²) >= 11 is 5.98. The second-order valence-electron chi connectivity index (χ2n) is 7.62. The molecule has 0 aliphatic rings. The number of fused-ring (bicyclic) bond motifs is 1. The third-order valence-corrected chi connectivity index (χ3v) is 5.44. The highest BCUT2D eigenvalue weighted by Crippen LogP contribution is 2.32. The van der Waals surface area contributed by atoms with Crippen LogP contribution in [0.4, 0.5) is 5.69 Å². The number of aromatic nitrogens is 3. The highest BCUT2D eigenvalue weighted by Gasteiger charge is 2.20. The smallest absolute Gasteiger partial charge is 0.196 e. The number of anilines is 1. The first kappa shape index (κ1) is 20.2. The van der Waals surface area contributed by atoms with Crippen LogP contribution in [0, 0.1) is 20.8 Å². The van der Waals surface area contributed by atoms with E-state index in [4.69, 9.17) is 16.0 Å². The van der Waals surface area contributed by atoms with Crippen molar-refractivity contribution in [3.8, 4) is 11.5 Å². The first-order valence-electron chi connectivity index (χ1n) is 9.72. The van der Waals surface area contributed by atoms with Gasteiger partial charge in [-0.1, -0.05) is 17.7 Å². The van der Waals surface area contributed by atoms with E-state index in [0.29, 0.717) is 33.1 Å². The Morgan fingerprint density at radius 2 is 1.93 bits per heavy atom. The molecular weight excluding hydrogens is 400 g/mol. The molecule has 154 valence electrons. The van der Waals surface area contributed by atoms with Crippen molar-refractivity contribution in [2.24, 2.45) is 7.05 Å². The van der Waals surface area contributed by atoms with Crippen molar-refractivity contribution >= 4 is 28.3 Å². The Labute approximate surface area is 179 Å². The molecule has 0 unspecified atom stereocenters. The summed E-state index contributed by atoms with van der Waals surface area (Å²) in [5.41, 5.74) is 5.28. The first-order chi connectivity index (χ1) is 14.2. The molecule has 0 saturated heterocycles. The minimum atomic E-state index is -0.128. The average molecular weight is 423 g/mol. The van der Waals surface area contributed by atoms with E-state index in [1.54, 1.807) is 17.7 Å². The molecule has 7 heteroatoms. The average Bonchev–Trinajstić information content (AvgIpc) is 3.12. The van der Waals surface area contributed by atoms with Gasteiger partial charge in [-0.2, -0.15) is 5.10 Å². The van der Waals surface area contributed by atoms with Crippen LogP contribution in [0.3, 0.4) is 0 Å². The van der Waals surface area contributed by atoms with Crippen molar-refractivity contribution in [2.45, 2.75) is 33.7 Å². The molecule has 6 nitrogen and oxygen atoms in total. The first-order valence-corrected chi connectivity index (χ1v) is 10.1. The van der Waals surface area contributed by atoms with Crippen molar-refractivity contribution in [1.29, 1.82) is 0 Å². The molecule has 1 atom stereocenters. The van der Waals surface area contributed by atoms with Crippen LogP contribution in [0.15, 0.2) is 45.7 Å². The lowest BCUT2D eigenvalue weighted by molar-refractivity contribution is 0.600. The number of nitrogens with one attached hydrogen (secondary N) is 1. The number of hydrogen-bond donors (Lipinski definition) is 1. The normalized spacial score (nSPS) is 12.3. The van der Waals surface area contributed by atoms with E-state index in [2.05, 4.69) is 15.4 Å². The molecule has 0 amide bonds. The van der Waals surface area contributed by atoms with E-state index in [1.165, 1.54) is 0 Å². The van der Waals surface area contributed by atoms with E-state index >= 15 is 0 Å². The largest absolute Gasteiger partial charge is 0.453 e. The molecule has 0 saturated carbocycles. The number of halogens is 1. The van der Waals surface area contributed by atoms with Crippen molar-refractivity contribution < 1.29 is 4.42 Å². The van der Waals surface area contributed by atoms with Gasteiger partial charge in [0.05, 0.1) is 22.8 Å². The van der Waals surface area contributed by atoms with E-state index in [9.17, 15) is 4.79 Å². The Morgan fingerprint density at radius 1 is 1.17 bits per heavy atom. The molecule has 3 aromatic heterocycles. The van der Waals surface area contributed by atoms with Crippen LogP contribution in [0.1, 0.15) is 35.3 Å². The molecule has 1 N–H and O–H groups in total. The summed E-state index contributed by atoms with van der Waals surface area (Å²) in [6.45, 7) is 7.69. The Bertz CT molecular complexity index is 1320. The molecule has 0 spiro atoms. The molecule has 0 aliphatic carbocycles. The van der Waals surface area contributed by atoms with Gasteiger partial charge >= 0.3 is 0 Å². The third kappa shape index (κ3) is 3.59. The molecule has 30 heavy (non-hydrogen) atoms. The minimum Gasteiger partial charge on any atom is -0.453 e. The maximum atomic E-state index is 13.2. The van der Waals surface area contributed by atoms with Crippen LogP contribution in [0.25, 0.3) is 22.4 Å². The Hall–Kier alpha value is -3.12. The Balaban J connectivity index is 1.88. The number of benzene rings is 1. The number of nitrogens with zero attached hydrogens (tertiary/aromatic N) is 3. The quantitative estimate of drug-likeness (QED) is 0.449. The predicted octanol–water partition coefficient (Wildman–Crippen LogP) is 5.34. The maximum Gasteiger partial charge on any atom is 0.196 e. The predicted molar refractivity (Wildman–Crippen MR) is 120 cm³/mol. The van der Waals surface area contributed by atoms with Gasteiger partial charge in [-0.25, -0.2) is 4.98 Å². The van der Waals surface area contributed by atoms with Crippen LogP contribution in [0.2, 0.25) is 5.15 Å². The number of rotatable bonds is 4. The molecule has 3 heterocycles.